The molecule has 0 radical (unpaired) electrons. The van der Waals surface area contributed by atoms with Gasteiger partial charge in [0, 0.05) is 6.20 Å². The van der Waals surface area contributed by atoms with Crippen LogP contribution in [0, 0.1) is 0 Å². The van der Waals surface area contributed by atoms with Crippen molar-refractivity contribution in [3.8, 4) is 0 Å². The molecule has 0 atom stereocenters. The monoisotopic (exact) mass is 95.0 g/mol. The summed E-state index contributed by atoms with van der Waals surface area (Å²) >= 11 is 0. The third-order valence-electron chi connectivity index (χ3n) is 0.562. The summed E-state index contributed by atoms with van der Waals surface area (Å²) in [5, 5.41) is 0. The zero-order valence-electron chi connectivity index (χ0n) is 3.74. The molecule has 0 aromatic rings. The smallest absolute Gasteiger partial charge is 0.180 e. The van der Waals surface area contributed by atoms with Gasteiger partial charge in [0.25, 0.3) is 0 Å². The summed E-state index contributed by atoms with van der Waals surface area (Å²) in [7, 11) is 0. The molecule has 1 aliphatic heterocycles. The fourth-order valence-electron chi connectivity index (χ4n) is 0.296. The quantitative estimate of drug-likeness (QED) is 0.441. The highest BCUT2D eigenvalue weighted by Crippen LogP contribution is 1.83. The standard InChI is InChI=1S/C5H5NO/c1-2-4-7-5-6-3-1/h1-5H. The lowest BCUT2D eigenvalue weighted by atomic mass is 10.6. The molecule has 0 N–H and O–H groups in total. The zero-order chi connectivity index (χ0) is 4.95. The van der Waals surface area contributed by atoms with Crippen LogP contribution >= 0.6 is 0 Å². The van der Waals surface area contributed by atoms with Crippen molar-refractivity contribution in [3.63, 3.8) is 0 Å². The van der Waals surface area contributed by atoms with E-state index in [9.17, 15) is 0 Å². The first-order valence-electron chi connectivity index (χ1n) is 1.99. The molecule has 1 heterocycles. The molecule has 0 fully saturated rings. The van der Waals surface area contributed by atoms with E-state index in [4.69, 9.17) is 0 Å². The van der Waals surface area contributed by atoms with Crippen LogP contribution in [-0.2, 0) is 4.74 Å². The van der Waals surface area contributed by atoms with Crippen molar-refractivity contribution in [3.05, 3.63) is 24.6 Å². The Hall–Kier alpha value is -1.05. The fourth-order valence-corrected chi connectivity index (χ4v) is 0.296. The third kappa shape index (κ3) is 1.22. The van der Waals surface area contributed by atoms with Gasteiger partial charge in [-0.3, -0.25) is 0 Å². The molecule has 36 valence electrons. The van der Waals surface area contributed by atoms with Crippen molar-refractivity contribution in [2.24, 2.45) is 4.99 Å². The van der Waals surface area contributed by atoms with Gasteiger partial charge in [-0.15, -0.1) is 0 Å². The normalized spacial score (nSPS) is 16.0. The maximum absolute atomic E-state index is 4.66. The van der Waals surface area contributed by atoms with E-state index in [1.807, 2.05) is 0 Å². The second-order valence-corrected chi connectivity index (χ2v) is 1.06. The van der Waals surface area contributed by atoms with E-state index >= 15 is 0 Å². The molecule has 0 amide bonds. The van der Waals surface area contributed by atoms with Crippen molar-refractivity contribution in [2.75, 3.05) is 0 Å². The molecule has 0 spiro atoms. The van der Waals surface area contributed by atoms with Crippen LogP contribution in [-0.4, -0.2) is 6.40 Å². The first-order chi connectivity index (χ1) is 3.50. The molecule has 1 rings (SSSR count). The van der Waals surface area contributed by atoms with Gasteiger partial charge in [0.1, 0.15) is 0 Å². The largest absolute Gasteiger partial charge is 0.453 e. The lowest BCUT2D eigenvalue weighted by Gasteiger charge is -1.78. The van der Waals surface area contributed by atoms with E-state index in [1.54, 1.807) is 24.6 Å². The van der Waals surface area contributed by atoms with E-state index < -0.39 is 0 Å². The van der Waals surface area contributed by atoms with Gasteiger partial charge in [-0.2, -0.15) is 0 Å². The number of hydrogen-bond donors (Lipinski definition) is 0. The predicted octanol–water partition coefficient (Wildman–Crippen LogP) is 1.07. The first-order valence-corrected chi connectivity index (χ1v) is 1.99. The van der Waals surface area contributed by atoms with E-state index in [1.165, 1.54) is 6.40 Å². The van der Waals surface area contributed by atoms with Gasteiger partial charge in [0.15, 0.2) is 6.40 Å². The second-order valence-electron chi connectivity index (χ2n) is 1.06. The number of nitrogens with zero attached hydrogens (tertiary/aromatic N) is 1. The second kappa shape index (κ2) is 2.18. The minimum atomic E-state index is 1.38. The number of allylic oxidation sites excluding steroid dienone is 2. The van der Waals surface area contributed by atoms with Crippen LogP contribution in [0.1, 0.15) is 0 Å². The Labute approximate surface area is 41.8 Å². The van der Waals surface area contributed by atoms with Gasteiger partial charge in [-0.25, -0.2) is 4.99 Å². The molecule has 2 heteroatoms. The Morgan fingerprint density at radius 3 is 3.29 bits per heavy atom. The van der Waals surface area contributed by atoms with Crippen molar-refractivity contribution in [1.82, 2.24) is 0 Å². The van der Waals surface area contributed by atoms with Gasteiger partial charge < -0.3 is 4.74 Å². The van der Waals surface area contributed by atoms with Crippen LogP contribution in [0.5, 0.6) is 0 Å². The van der Waals surface area contributed by atoms with Crippen molar-refractivity contribution >= 4 is 6.40 Å². The maximum atomic E-state index is 4.66. The van der Waals surface area contributed by atoms with Gasteiger partial charge in [0.2, 0.25) is 0 Å². The third-order valence-corrected chi connectivity index (χ3v) is 0.562. The molecule has 0 aromatic carbocycles. The molecule has 7 heavy (non-hydrogen) atoms. The molecular formula is C5H5NO. The topological polar surface area (TPSA) is 21.6 Å². The van der Waals surface area contributed by atoms with Crippen LogP contribution < -0.4 is 0 Å². The van der Waals surface area contributed by atoms with Crippen LogP contribution in [0.4, 0.5) is 0 Å². The summed E-state index contributed by atoms with van der Waals surface area (Å²) < 4.78 is 4.66. The average molecular weight is 95.1 g/mol. The molecule has 0 aliphatic carbocycles. The van der Waals surface area contributed by atoms with Crippen molar-refractivity contribution in [2.45, 2.75) is 0 Å². The van der Waals surface area contributed by atoms with Crippen LogP contribution in [0.2, 0.25) is 0 Å². The minimum absolute atomic E-state index is 1.38. The summed E-state index contributed by atoms with van der Waals surface area (Å²) in [4.78, 5) is 3.68. The fraction of sp³-hybridized carbons (Fsp3) is 0. The summed E-state index contributed by atoms with van der Waals surface area (Å²) in [5.74, 6) is 0. The van der Waals surface area contributed by atoms with Gasteiger partial charge in [0.05, 0.1) is 6.26 Å². The number of ether oxygens (including phenoxy) is 1. The Kier molecular flexibility index (Phi) is 1.28. The number of rotatable bonds is 0. The summed E-state index contributed by atoms with van der Waals surface area (Å²) in [6.45, 7) is 0. The highest BCUT2D eigenvalue weighted by Gasteiger charge is 1.70. The summed E-state index contributed by atoms with van der Waals surface area (Å²) in [6.07, 6.45) is 8.16. The minimum Gasteiger partial charge on any atom is -0.453 e. The molecule has 0 unspecified atom stereocenters. The van der Waals surface area contributed by atoms with Gasteiger partial charge in [-0.05, 0) is 12.2 Å². The maximum Gasteiger partial charge on any atom is 0.180 e. The first kappa shape index (κ1) is 4.12. The van der Waals surface area contributed by atoms with E-state index in [-0.39, 0.29) is 0 Å². The predicted molar refractivity (Wildman–Crippen MR) is 27.9 cm³/mol. The summed E-state index contributed by atoms with van der Waals surface area (Å²) in [6, 6.07) is 0. The average Bonchev–Trinajstić information content (AvgIpc) is 1.90. The lowest BCUT2D eigenvalue weighted by molar-refractivity contribution is 0.495. The Balaban J connectivity index is 2.60. The van der Waals surface area contributed by atoms with Gasteiger partial charge in [-0.1, -0.05) is 0 Å². The summed E-state index contributed by atoms with van der Waals surface area (Å²) in [5.41, 5.74) is 0. The Morgan fingerprint density at radius 1 is 1.29 bits per heavy atom. The van der Waals surface area contributed by atoms with Gasteiger partial charge >= 0.3 is 0 Å². The number of aliphatic imine (C=N–C) groups is 1. The van der Waals surface area contributed by atoms with Crippen LogP contribution in [0.25, 0.3) is 0 Å². The number of hydrogen-bond acceptors (Lipinski definition) is 2. The lowest BCUT2D eigenvalue weighted by Crippen LogP contribution is -1.68. The molecule has 0 bridgehead atoms. The molecule has 1 aliphatic rings. The Morgan fingerprint density at radius 2 is 2.29 bits per heavy atom. The highest BCUT2D eigenvalue weighted by atomic mass is 16.5. The van der Waals surface area contributed by atoms with Crippen molar-refractivity contribution in [1.29, 1.82) is 0 Å². The van der Waals surface area contributed by atoms with Crippen LogP contribution in [0.15, 0.2) is 29.6 Å². The highest BCUT2D eigenvalue weighted by molar-refractivity contribution is 5.49. The molecular weight excluding hydrogens is 90.1 g/mol. The van der Waals surface area contributed by atoms with Crippen molar-refractivity contribution < 1.29 is 4.74 Å². The molecule has 2 nitrogen and oxygen atoms in total. The SMILES string of the molecule is C1=CN=COC=C1. The molecule has 0 aromatic heterocycles. The van der Waals surface area contributed by atoms with E-state index in [0.717, 1.165) is 0 Å². The van der Waals surface area contributed by atoms with Crippen LogP contribution in [0.3, 0.4) is 0 Å². The molecule has 0 saturated heterocycles. The Bertz CT molecular complexity index is 110. The van der Waals surface area contributed by atoms with E-state index in [0.29, 0.717) is 0 Å². The zero-order valence-corrected chi connectivity index (χ0v) is 3.74. The van der Waals surface area contributed by atoms with E-state index in [2.05, 4.69) is 9.73 Å². The molecule has 0 saturated carbocycles.